The fraction of sp³-hybridized carbons (Fsp3) is 0.300. The highest BCUT2D eigenvalue weighted by Crippen LogP contribution is 2.25. The van der Waals surface area contributed by atoms with Crippen molar-refractivity contribution in [2.75, 3.05) is 11.9 Å². The van der Waals surface area contributed by atoms with Crippen LogP contribution in [-0.2, 0) is 16.1 Å². The number of aromatic nitrogens is 2. The zero-order valence-electron chi connectivity index (χ0n) is 16.4. The molecule has 2 heterocycles. The average molecular weight is 449 g/mol. The van der Waals surface area contributed by atoms with Crippen molar-refractivity contribution in [1.82, 2.24) is 15.5 Å². The maximum Gasteiger partial charge on any atom is 0.286 e. The van der Waals surface area contributed by atoms with E-state index in [-0.39, 0.29) is 36.1 Å². The highest BCUT2D eigenvalue weighted by atomic mass is 32.1. The standard InChI is InChI=1S/C20H21FN4O3S2/c1-12(2)18(15-7-4-8-29-15)23-16(26)10-28-11-17-24-25-20(30-17)19(27)22-14-6-3-5-13(21)9-14/h3-9,12,18H,10-11H2,1-2H3,(H,22,27)(H,23,26)/t18-/m1/s1. The second-order valence-corrected chi connectivity index (χ2v) is 8.80. The molecule has 2 N–H and O–H groups in total. The largest absolute Gasteiger partial charge is 0.364 e. The summed E-state index contributed by atoms with van der Waals surface area (Å²) in [4.78, 5) is 25.5. The zero-order valence-corrected chi connectivity index (χ0v) is 18.1. The Labute approximate surface area is 181 Å². The van der Waals surface area contributed by atoms with Gasteiger partial charge in [0.1, 0.15) is 24.0 Å². The molecular formula is C20H21FN4O3S2. The van der Waals surface area contributed by atoms with Crippen molar-refractivity contribution < 1.29 is 18.7 Å². The number of hydrogen-bond donors (Lipinski definition) is 2. The number of carbonyl (C=O) groups is 2. The van der Waals surface area contributed by atoms with Crippen molar-refractivity contribution in [3.63, 3.8) is 0 Å². The summed E-state index contributed by atoms with van der Waals surface area (Å²) in [5.74, 6) is -0.917. The molecular weight excluding hydrogens is 427 g/mol. The van der Waals surface area contributed by atoms with E-state index in [4.69, 9.17) is 4.74 Å². The lowest BCUT2D eigenvalue weighted by Crippen LogP contribution is -2.33. The monoisotopic (exact) mass is 448 g/mol. The molecule has 0 saturated heterocycles. The van der Waals surface area contributed by atoms with Crippen molar-refractivity contribution in [3.8, 4) is 0 Å². The van der Waals surface area contributed by atoms with Gasteiger partial charge in [0.15, 0.2) is 0 Å². The Morgan fingerprint density at radius 1 is 1.20 bits per heavy atom. The number of amides is 2. The summed E-state index contributed by atoms with van der Waals surface area (Å²) < 4.78 is 18.6. The maximum atomic E-state index is 13.2. The van der Waals surface area contributed by atoms with Gasteiger partial charge in [0, 0.05) is 10.6 Å². The molecule has 0 saturated carbocycles. The Balaban J connectivity index is 1.47. The minimum atomic E-state index is -0.488. The molecule has 1 atom stereocenters. The predicted octanol–water partition coefficient (Wildman–Crippen LogP) is 4.02. The highest BCUT2D eigenvalue weighted by molar-refractivity contribution is 7.13. The molecule has 0 unspecified atom stereocenters. The van der Waals surface area contributed by atoms with E-state index in [1.165, 1.54) is 18.2 Å². The first-order chi connectivity index (χ1) is 14.4. The van der Waals surface area contributed by atoms with Crippen LogP contribution in [0.3, 0.4) is 0 Å². The maximum absolute atomic E-state index is 13.2. The van der Waals surface area contributed by atoms with Crippen LogP contribution in [0.25, 0.3) is 0 Å². The molecule has 2 amide bonds. The molecule has 0 bridgehead atoms. The van der Waals surface area contributed by atoms with Gasteiger partial charge in [0.25, 0.3) is 5.91 Å². The van der Waals surface area contributed by atoms with Crippen LogP contribution in [-0.4, -0.2) is 28.6 Å². The van der Waals surface area contributed by atoms with E-state index < -0.39 is 11.7 Å². The first-order valence-corrected chi connectivity index (χ1v) is 10.9. The van der Waals surface area contributed by atoms with Crippen LogP contribution < -0.4 is 10.6 Å². The summed E-state index contributed by atoms with van der Waals surface area (Å²) in [7, 11) is 0. The lowest BCUT2D eigenvalue weighted by molar-refractivity contribution is -0.127. The summed E-state index contributed by atoms with van der Waals surface area (Å²) in [6.07, 6.45) is 0. The SMILES string of the molecule is CC(C)[C@@H](NC(=O)COCc1nnc(C(=O)Nc2cccc(F)c2)s1)c1cccs1. The van der Waals surface area contributed by atoms with E-state index in [1.54, 1.807) is 17.4 Å². The fourth-order valence-electron chi connectivity index (χ4n) is 2.64. The molecule has 2 aromatic heterocycles. The molecule has 1 aromatic carbocycles. The molecule has 3 rings (SSSR count). The molecule has 0 aliphatic rings. The van der Waals surface area contributed by atoms with E-state index in [0.29, 0.717) is 10.7 Å². The lowest BCUT2D eigenvalue weighted by Gasteiger charge is -2.21. The van der Waals surface area contributed by atoms with Crippen LogP contribution in [0.1, 0.15) is 39.6 Å². The minimum Gasteiger partial charge on any atom is -0.364 e. The first-order valence-electron chi connectivity index (χ1n) is 9.22. The molecule has 7 nitrogen and oxygen atoms in total. The van der Waals surface area contributed by atoms with Gasteiger partial charge in [0.05, 0.1) is 6.04 Å². The van der Waals surface area contributed by atoms with E-state index in [0.717, 1.165) is 16.2 Å². The van der Waals surface area contributed by atoms with Crippen molar-refractivity contribution in [3.05, 3.63) is 62.5 Å². The molecule has 0 radical (unpaired) electrons. The summed E-state index contributed by atoms with van der Waals surface area (Å²) >= 11 is 2.65. The van der Waals surface area contributed by atoms with Gasteiger partial charge in [-0.3, -0.25) is 9.59 Å². The van der Waals surface area contributed by atoms with Crippen LogP contribution in [0.15, 0.2) is 41.8 Å². The molecule has 0 aliphatic heterocycles. The number of hydrogen-bond acceptors (Lipinski definition) is 7. The third kappa shape index (κ3) is 6.15. The van der Waals surface area contributed by atoms with Crippen molar-refractivity contribution >= 4 is 40.2 Å². The predicted molar refractivity (Wildman–Crippen MR) is 114 cm³/mol. The van der Waals surface area contributed by atoms with Gasteiger partial charge in [-0.15, -0.1) is 21.5 Å². The number of nitrogens with zero attached hydrogens (tertiary/aromatic N) is 2. The quantitative estimate of drug-likeness (QED) is 0.516. The topological polar surface area (TPSA) is 93.2 Å². The van der Waals surface area contributed by atoms with Gasteiger partial charge in [-0.2, -0.15) is 0 Å². The van der Waals surface area contributed by atoms with E-state index >= 15 is 0 Å². The van der Waals surface area contributed by atoms with Crippen LogP contribution in [0.2, 0.25) is 0 Å². The number of anilines is 1. The summed E-state index contributed by atoms with van der Waals surface area (Å²) in [5, 5.41) is 15.8. The summed E-state index contributed by atoms with van der Waals surface area (Å²) in [6.45, 7) is 4.02. The normalized spacial score (nSPS) is 12.0. The highest BCUT2D eigenvalue weighted by Gasteiger charge is 2.19. The van der Waals surface area contributed by atoms with E-state index in [1.807, 2.05) is 31.4 Å². The Hall–Kier alpha value is -2.69. The lowest BCUT2D eigenvalue weighted by atomic mass is 10.0. The number of halogens is 1. The third-order valence-corrected chi connectivity index (χ3v) is 5.89. The molecule has 0 aliphatic carbocycles. The van der Waals surface area contributed by atoms with E-state index in [9.17, 15) is 14.0 Å². The molecule has 30 heavy (non-hydrogen) atoms. The number of benzene rings is 1. The second-order valence-electron chi connectivity index (χ2n) is 6.76. The molecule has 3 aromatic rings. The van der Waals surface area contributed by atoms with Crippen LogP contribution in [0, 0.1) is 11.7 Å². The van der Waals surface area contributed by atoms with Crippen molar-refractivity contribution in [2.45, 2.75) is 26.5 Å². The van der Waals surface area contributed by atoms with Gasteiger partial charge in [-0.05, 0) is 35.6 Å². The minimum absolute atomic E-state index is 0.0592. The number of thiophene rings is 1. The Kier molecular flexibility index (Phi) is 7.61. The third-order valence-electron chi connectivity index (χ3n) is 4.04. The Morgan fingerprint density at radius 2 is 2.03 bits per heavy atom. The van der Waals surface area contributed by atoms with E-state index in [2.05, 4.69) is 20.8 Å². The van der Waals surface area contributed by atoms with Crippen LogP contribution in [0.5, 0.6) is 0 Å². The van der Waals surface area contributed by atoms with Gasteiger partial charge in [-0.25, -0.2) is 4.39 Å². The van der Waals surface area contributed by atoms with Gasteiger partial charge in [-0.1, -0.05) is 37.3 Å². The van der Waals surface area contributed by atoms with Gasteiger partial charge in [0.2, 0.25) is 10.9 Å². The average Bonchev–Trinajstić information content (AvgIpc) is 3.38. The van der Waals surface area contributed by atoms with Crippen LogP contribution in [0.4, 0.5) is 10.1 Å². The molecule has 158 valence electrons. The molecule has 0 fully saturated rings. The summed E-state index contributed by atoms with van der Waals surface area (Å²) in [5.41, 5.74) is 0.329. The van der Waals surface area contributed by atoms with Crippen LogP contribution >= 0.6 is 22.7 Å². The fourth-order valence-corrected chi connectivity index (χ4v) is 4.26. The smallest absolute Gasteiger partial charge is 0.286 e. The van der Waals surface area contributed by atoms with Crippen molar-refractivity contribution in [2.24, 2.45) is 5.92 Å². The first kappa shape index (κ1) is 22.0. The number of rotatable bonds is 9. The Bertz CT molecular complexity index is 992. The number of carbonyl (C=O) groups excluding carboxylic acids is 2. The second kappa shape index (κ2) is 10.4. The zero-order chi connectivity index (χ0) is 21.5. The molecule has 0 spiro atoms. The molecule has 10 heteroatoms. The number of ether oxygens (including phenoxy) is 1. The summed E-state index contributed by atoms with van der Waals surface area (Å²) in [6, 6.07) is 9.45. The van der Waals surface area contributed by atoms with Crippen molar-refractivity contribution in [1.29, 1.82) is 0 Å². The van der Waals surface area contributed by atoms with Gasteiger partial charge >= 0.3 is 0 Å². The van der Waals surface area contributed by atoms with Gasteiger partial charge < -0.3 is 15.4 Å². The Morgan fingerprint density at radius 3 is 2.73 bits per heavy atom. The number of nitrogens with one attached hydrogen (secondary N) is 2.